The molecule has 5 atom stereocenters. The highest BCUT2D eigenvalue weighted by Crippen LogP contribution is 2.66. The van der Waals surface area contributed by atoms with Gasteiger partial charge in [-0.1, -0.05) is 0 Å². The molecule has 0 aliphatic carbocycles. The Balaban J connectivity index is 2.60. The highest BCUT2D eigenvalue weighted by atomic mass is 31.3. The van der Waals surface area contributed by atoms with Gasteiger partial charge in [0.1, 0.15) is 14.0 Å². The quantitative estimate of drug-likeness (QED) is 0.168. The van der Waals surface area contributed by atoms with E-state index in [2.05, 4.69) is 13.1 Å². The molecule has 23 heavy (non-hydrogen) atoms. The zero-order valence-corrected chi connectivity index (χ0v) is 14.5. The Labute approximate surface area is 131 Å². The molecule has 1 heterocycles. The molecule has 1 saturated heterocycles. The molecule has 0 saturated carbocycles. The summed E-state index contributed by atoms with van der Waals surface area (Å²) in [6, 6.07) is -0.235. The van der Waals surface area contributed by atoms with Crippen LogP contribution in [0.2, 0.25) is 0 Å². The predicted octanol–water partition coefficient (Wildman–Crippen LogP) is -1.62. The van der Waals surface area contributed by atoms with Crippen LogP contribution in [0, 0.1) is 0 Å². The van der Waals surface area contributed by atoms with Crippen LogP contribution in [0.15, 0.2) is 0 Å². The number of ether oxygens (including phenoxy) is 2. The van der Waals surface area contributed by atoms with Gasteiger partial charge in [-0.3, -0.25) is 4.52 Å². The molecule has 13 nitrogen and oxygen atoms in total. The summed E-state index contributed by atoms with van der Waals surface area (Å²) in [6.07, 6.45) is -0.873. The molecule has 0 bridgehead atoms. The number of hydrogen-bond donors (Lipinski definition) is 5. The van der Waals surface area contributed by atoms with Crippen LogP contribution < -0.4 is 5.73 Å². The number of rotatable bonds is 9. The molecule has 17 heteroatoms. The lowest BCUT2D eigenvalue weighted by atomic mass is 9.96. The summed E-state index contributed by atoms with van der Waals surface area (Å²) >= 11 is 0. The third-order valence-corrected chi connectivity index (χ3v) is 6.32. The zero-order valence-electron chi connectivity index (χ0n) is 11.8. The average Bonchev–Trinajstić information content (AvgIpc) is 2.63. The Morgan fingerprint density at radius 3 is 2.26 bits per heavy atom. The molecule has 136 valence electrons. The maximum absolute atomic E-state index is 11.5. The highest BCUT2D eigenvalue weighted by Gasteiger charge is 2.42. The molecule has 0 aromatic heterocycles. The maximum atomic E-state index is 11.5. The van der Waals surface area contributed by atoms with Gasteiger partial charge in [0.25, 0.3) is 0 Å². The van der Waals surface area contributed by atoms with Gasteiger partial charge in [-0.25, -0.2) is 13.7 Å². The maximum Gasteiger partial charge on any atom is 0.490 e. The number of phosphoric acid groups is 3. The molecule has 0 aromatic carbocycles. The molecule has 1 fully saturated rings. The second-order valence-electron chi connectivity index (χ2n) is 4.48. The van der Waals surface area contributed by atoms with E-state index in [1.165, 1.54) is 0 Å². The van der Waals surface area contributed by atoms with Gasteiger partial charge in [0.15, 0.2) is 0 Å². The molecule has 1 rings (SSSR count). The fourth-order valence-corrected chi connectivity index (χ4v) is 4.87. The van der Waals surface area contributed by atoms with Gasteiger partial charge in [-0.15, -0.1) is 0 Å². The van der Waals surface area contributed by atoms with Crippen LogP contribution in [0.5, 0.6) is 0 Å². The highest BCUT2D eigenvalue weighted by molar-refractivity contribution is 7.66. The fraction of sp³-hybridized carbons (Fsp3) is 1.00. The largest absolute Gasteiger partial charge is 0.490 e. The van der Waals surface area contributed by atoms with E-state index >= 15 is 0 Å². The van der Waals surface area contributed by atoms with Gasteiger partial charge in [0.2, 0.25) is 0 Å². The zero-order chi connectivity index (χ0) is 17.9. The second kappa shape index (κ2) is 8.16. The summed E-state index contributed by atoms with van der Waals surface area (Å²) < 4.78 is 55.3. The Kier molecular flexibility index (Phi) is 7.59. The van der Waals surface area contributed by atoms with E-state index in [0.29, 0.717) is 6.42 Å². The molecule has 6 N–H and O–H groups in total. The van der Waals surface area contributed by atoms with Crippen molar-refractivity contribution in [3.05, 3.63) is 0 Å². The molecule has 0 radical (unpaired) electrons. The molecular formula is C6H17BNO12P3. The van der Waals surface area contributed by atoms with Crippen molar-refractivity contribution in [1.82, 2.24) is 0 Å². The minimum atomic E-state index is -5.53. The molecule has 1 aliphatic rings. The van der Waals surface area contributed by atoms with Crippen LogP contribution in [-0.4, -0.2) is 59.0 Å². The Morgan fingerprint density at radius 1 is 1.13 bits per heavy atom. The first-order chi connectivity index (χ1) is 10.3. The van der Waals surface area contributed by atoms with Gasteiger partial charge in [0.05, 0.1) is 19.4 Å². The summed E-state index contributed by atoms with van der Waals surface area (Å²) in [5.74, 6) is 0. The van der Waals surface area contributed by atoms with E-state index < -0.39 is 42.3 Å². The second-order valence-corrected chi connectivity index (χ2v) is 8.90. The van der Waals surface area contributed by atoms with E-state index in [1.807, 2.05) is 0 Å². The molecule has 0 amide bonds. The topological polar surface area (TPSA) is 204 Å². The van der Waals surface area contributed by atoms with Crippen LogP contribution in [0.25, 0.3) is 0 Å². The third-order valence-electron chi connectivity index (χ3n) is 2.51. The van der Waals surface area contributed by atoms with Crippen molar-refractivity contribution in [2.45, 2.75) is 24.6 Å². The fourth-order valence-electron chi connectivity index (χ4n) is 1.84. The van der Waals surface area contributed by atoms with Crippen LogP contribution >= 0.6 is 23.5 Å². The lowest BCUT2D eigenvalue weighted by Crippen LogP contribution is -2.30. The number of phosphoric ester groups is 1. The minimum absolute atomic E-state index is 0.119. The van der Waals surface area contributed by atoms with Crippen LogP contribution in [0.4, 0.5) is 0 Å². The summed E-state index contributed by atoms with van der Waals surface area (Å²) in [6.45, 7) is -0.675. The van der Waals surface area contributed by atoms with Crippen molar-refractivity contribution >= 4 is 31.3 Å². The van der Waals surface area contributed by atoms with E-state index in [1.54, 1.807) is 7.85 Å². The summed E-state index contributed by atoms with van der Waals surface area (Å²) in [7, 11) is -14.4. The molecular weight excluding hydrogens is 382 g/mol. The SMILES string of the molecule is BC1CC(OCN)C(COP(=O)(O)OP(=O)(O)OP(=O)(O)O)O1. The van der Waals surface area contributed by atoms with Crippen LogP contribution in [0.1, 0.15) is 6.42 Å². The van der Waals surface area contributed by atoms with Crippen LogP contribution in [0.3, 0.4) is 0 Å². The van der Waals surface area contributed by atoms with Crippen LogP contribution in [-0.2, 0) is 36.3 Å². The third kappa shape index (κ3) is 8.33. The van der Waals surface area contributed by atoms with Gasteiger partial charge in [0, 0.05) is 6.00 Å². The van der Waals surface area contributed by atoms with Crippen molar-refractivity contribution in [2.75, 3.05) is 13.3 Å². The standard InChI is InChI=1S/C6H17BNO12P3/c7-6-1-4(16-3-8)5(18-6)2-17-22(12,13)20-23(14,15)19-21(9,10)11/h4-6H,1-3,7-8H2,(H,12,13)(H,14,15)(H2,9,10,11). The molecule has 0 aromatic rings. The smallest absolute Gasteiger partial charge is 0.379 e. The molecule has 1 aliphatic heterocycles. The minimum Gasteiger partial charge on any atom is -0.379 e. The van der Waals surface area contributed by atoms with Crippen molar-refractivity contribution in [3.63, 3.8) is 0 Å². The predicted molar refractivity (Wildman–Crippen MR) is 75.6 cm³/mol. The lowest BCUT2D eigenvalue weighted by Gasteiger charge is -2.20. The van der Waals surface area contributed by atoms with Gasteiger partial charge < -0.3 is 34.8 Å². The van der Waals surface area contributed by atoms with Crippen molar-refractivity contribution in [2.24, 2.45) is 5.73 Å². The lowest BCUT2D eigenvalue weighted by molar-refractivity contribution is -0.0348. The van der Waals surface area contributed by atoms with E-state index in [9.17, 15) is 18.6 Å². The average molecular weight is 399 g/mol. The summed E-state index contributed by atoms with van der Waals surface area (Å²) in [5.41, 5.74) is 5.23. The number of nitrogens with two attached hydrogens (primary N) is 1. The first-order valence-corrected chi connectivity index (χ1v) is 10.6. The summed E-state index contributed by atoms with van der Waals surface area (Å²) in [4.78, 5) is 35.1. The summed E-state index contributed by atoms with van der Waals surface area (Å²) in [5, 5.41) is 0. The van der Waals surface area contributed by atoms with E-state index in [0.717, 1.165) is 0 Å². The number of hydrogen-bond acceptors (Lipinski definition) is 9. The Morgan fingerprint density at radius 2 is 1.74 bits per heavy atom. The van der Waals surface area contributed by atoms with Gasteiger partial charge in [-0.05, 0) is 6.42 Å². The first-order valence-electron chi connectivity index (χ1n) is 6.09. The Bertz CT molecular complexity index is 539. The van der Waals surface area contributed by atoms with Gasteiger partial charge >= 0.3 is 23.5 Å². The van der Waals surface area contributed by atoms with Crippen molar-refractivity contribution < 1.29 is 55.9 Å². The van der Waals surface area contributed by atoms with Crippen molar-refractivity contribution in [1.29, 1.82) is 0 Å². The monoisotopic (exact) mass is 399 g/mol. The van der Waals surface area contributed by atoms with Gasteiger partial charge in [-0.2, -0.15) is 8.62 Å². The molecule has 5 unspecified atom stereocenters. The van der Waals surface area contributed by atoms with E-state index in [4.69, 9.17) is 29.9 Å². The molecule has 0 spiro atoms. The normalized spacial score (nSPS) is 30.7. The Hall–Kier alpha value is 0.355. The van der Waals surface area contributed by atoms with E-state index in [-0.39, 0.29) is 12.7 Å². The van der Waals surface area contributed by atoms with Crippen molar-refractivity contribution in [3.8, 4) is 0 Å². The first kappa shape index (κ1) is 21.4.